The van der Waals surface area contributed by atoms with Crippen molar-refractivity contribution in [2.45, 2.75) is 26.2 Å². The first-order valence-electron chi connectivity index (χ1n) is 6.71. The summed E-state index contributed by atoms with van der Waals surface area (Å²) in [5.74, 6) is -0.247. The summed E-state index contributed by atoms with van der Waals surface area (Å²) < 4.78 is 13.1. The Bertz CT molecular complexity index is 676. The lowest BCUT2D eigenvalue weighted by atomic mass is 9.83. The molecule has 0 spiro atoms. The van der Waals surface area contributed by atoms with E-state index >= 15 is 0 Å². The molecule has 1 amide bonds. The SMILES string of the molecule is Cc1cc2c(cc1C)[C@@H](c1ccc(F)cc1)CC(=O)N2. The van der Waals surface area contributed by atoms with Crippen LogP contribution in [-0.4, -0.2) is 5.91 Å². The van der Waals surface area contributed by atoms with E-state index in [0.717, 1.165) is 22.4 Å². The summed E-state index contributed by atoms with van der Waals surface area (Å²) in [5, 5.41) is 2.93. The van der Waals surface area contributed by atoms with Crippen molar-refractivity contribution in [1.29, 1.82) is 0 Å². The Hall–Kier alpha value is -2.16. The number of benzene rings is 2. The molecule has 0 fully saturated rings. The topological polar surface area (TPSA) is 29.1 Å². The average Bonchev–Trinajstić information content (AvgIpc) is 2.41. The van der Waals surface area contributed by atoms with Gasteiger partial charge in [0.05, 0.1) is 0 Å². The van der Waals surface area contributed by atoms with Gasteiger partial charge in [0, 0.05) is 18.0 Å². The van der Waals surface area contributed by atoms with Crippen LogP contribution < -0.4 is 5.32 Å². The number of fused-ring (bicyclic) bond motifs is 1. The summed E-state index contributed by atoms with van der Waals surface area (Å²) in [6.45, 7) is 4.09. The smallest absolute Gasteiger partial charge is 0.225 e. The summed E-state index contributed by atoms with van der Waals surface area (Å²) in [4.78, 5) is 11.9. The highest BCUT2D eigenvalue weighted by Crippen LogP contribution is 2.38. The van der Waals surface area contributed by atoms with Crippen LogP contribution in [0.5, 0.6) is 0 Å². The number of hydrogen-bond acceptors (Lipinski definition) is 1. The lowest BCUT2D eigenvalue weighted by Crippen LogP contribution is -2.23. The summed E-state index contributed by atoms with van der Waals surface area (Å²) in [6.07, 6.45) is 0.404. The van der Waals surface area contributed by atoms with E-state index in [2.05, 4.69) is 18.3 Å². The molecule has 3 heteroatoms. The van der Waals surface area contributed by atoms with E-state index in [1.165, 1.54) is 17.7 Å². The zero-order valence-electron chi connectivity index (χ0n) is 11.5. The van der Waals surface area contributed by atoms with Crippen molar-refractivity contribution < 1.29 is 9.18 Å². The minimum absolute atomic E-state index is 0.00125. The first-order valence-corrected chi connectivity index (χ1v) is 6.71. The summed E-state index contributed by atoms with van der Waals surface area (Å²) in [7, 11) is 0. The Balaban J connectivity index is 2.12. The molecule has 2 aromatic carbocycles. The minimum Gasteiger partial charge on any atom is -0.326 e. The van der Waals surface area contributed by atoms with Gasteiger partial charge in [-0.2, -0.15) is 0 Å². The van der Waals surface area contributed by atoms with Gasteiger partial charge < -0.3 is 5.32 Å². The zero-order valence-corrected chi connectivity index (χ0v) is 11.5. The Kier molecular flexibility index (Phi) is 3.05. The van der Waals surface area contributed by atoms with E-state index in [1.807, 2.05) is 13.0 Å². The zero-order chi connectivity index (χ0) is 14.3. The van der Waals surface area contributed by atoms with Gasteiger partial charge in [-0.3, -0.25) is 4.79 Å². The van der Waals surface area contributed by atoms with Gasteiger partial charge >= 0.3 is 0 Å². The molecule has 1 aliphatic heterocycles. The Labute approximate surface area is 117 Å². The number of carbonyl (C=O) groups is 1. The molecule has 102 valence electrons. The molecule has 1 N–H and O–H groups in total. The van der Waals surface area contributed by atoms with E-state index in [0.29, 0.717) is 6.42 Å². The first kappa shape index (κ1) is 12.9. The van der Waals surface area contributed by atoms with Gasteiger partial charge in [-0.1, -0.05) is 18.2 Å². The maximum Gasteiger partial charge on any atom is 0.225 e. The van der Waals surface area contributed by atoms with Gasteiger partial charge in [0.1, 0.15) is 5.82 Å². The van der Waals surface area contributed by atoms with Crippen molar-refractivity contribution in [3.8, 4) is 0 Å². The molecule has 0 bridgehead atoms. The Morgan fingerprint density at radius 1 is 1.10 bits per heavy atom. The van der Waals surface area contributed by atoms with Crippen molar-refractivity contribution in [3.63, 3.8) is 0 Å². The van der Waals surface area contributed by atoms with Crippen LogP contribution in [-0.2, 0) is 4.79 Å². The van der Waals surface area contributed by atoms with Gasteiger partial charge in [-0.05, 0) is 54.3 Å². The number of carbonyl (C=O) groups excluding carboxylic acids is 1. The predicted molar refractivity (Wildman–Crippen MR) is 77.4 cm³/mol. The van der Waals surface area contributed by atoms with Gasteiger partial charge in [0.25, 0.3) is 0 Å². The number of rotatable bonds is 1. The quantitative estimate of drug-likeness (QED) is 0.835. The third-order valence-corrected chi connectivity index (χ3v) is 3.98. The van der Waals surface area contributed by atoms with E-state index < -0.39 is 0 Å². The standard InChI is InChI=1S/C17H16FNO/c1-10-7-15-14(12-3-5-13(18)6-4-12)9-17(20)19-16(15)8-11(10)2/h3-8,14H,9H2,1-2H3,(H,19,20)/t14-/m1/s1. The molecule has 1 aliphatic rings. The van der Waals surface area contributed by atoms with Crippen LogP contribution in [0, 0.1) is 19.7 Å². The van der Waals surface area contributed by atoms with Crippen LogP contribution in [0.4, 0.5) is 10.1 Å². The maximum absolute atomic E-state index is 13.1. The number of hydrogen-bond donors (Lipinski definition) is 1. The fourth-order valence-corrected chi connectivity index (χ4v) is 2.72. The molecule has 0 saturated heterocycles. The molecule has 0 radical (unpaired) electrons. The van der Waals surface area contributed by atoms with Crippen LogP contribution in [0.3, 0.4) is 0 Å². The normalized spacial score (nSPS) is 17.6. The van der Waals surface area contributed by atoms with Crippen molar-refractivity contribution in [2.24, 2.45) is 0 Å². The Morgan fingerprint density at radius 3 is 2.45 bits per heavy atom. The van der Waals surface area contributed by atoms with E-state index in [4.69, 9.17) is 0 Å². The van der Waals surface area contributed by atoms with Crippen LogP contribution in [0.1, 0.15) is 34.6 Å². The van der Waals surface area contributed by atoms with E-state index in [1.54, 1.807) is 12.1 Å². The molecule has 3 rings (SSSR count). The number of halogens is 1. The fourth-order valence-electron chi connectivity index (χ4n) is 2.72. The van der Waals surface area contributed by atoms with Gasteiger partial charge in [0.15, 0.2) is 0 Å². The number of amides is 1. The Morgan fingerprint density at radius 2 is 1.75 bits per heavy atom. The second-order valence-corrected chi connectivity index (χ2v) is 5.38. The van der Waals surface area contributed by atoms with E-state index in [-0.39, 0.29) is 17.6 Å². The maximum atomic E-state index is 13.1. The average molecular weight is 269 g/mol. The highest BCUT2D eigenvalue weighted by atomic mass is 19.1. The molecule has 20 heavy (non-hydrogen) atoms. The molecule has 0 unspecified atom stereocenters. The second-order valence-electron chi connectivity index (χ2n) is 5.38. The molecule has 1 atom stereocenters. The molecule has 0 aliphatic carbocycles. The molecular formula is C17H16FNO. The molecule has 0 saturated carbocycles. The molecule has 2 aromatic rings. The molecular weight excluding hydrogens is 253 g/mol. The van der Waals surface area contributed by atoms with Crippen LogP contribution in [0.15, 0.2) is 36.4 Å². The van der Waals surface area contributed by atoms with Crippen molar-refractivity contribution >= 4 is 11.6 Å². The number of anilines is 1. The van der Waals surface area contributed by atoms with Crippen molar-refractivity contribution in [1.82, 2.24) is 0 Å². The fraction of sp³-hybridized carbons (Fsp3) is 0.235. The van der Waals surface area contributed by atoms with Crippen LogP contribution in [0.2, 0.25) is 0 Å². The van der Waals surface area contributed by atoms with Gasteiger partial charge in [0.2, 0.25) is 5.91 Å². The van der Waals surface area contributed by atoms with Crippen LogP contribution in [0.25, 0.3) is 0 Å². The number of nitrogens with one attached hydrogen (secondary N) is 1. The van der Waals surface area contributed by atoms with Crippen LogP contribution >= 0.6 is 0 Å². The largest absolute Gasteiger partial charge is 0.326 e. The van der Waals surface area contributed by atoms with Crippen molar-refractivity contribution in [3.05, 3.63) is 64.5 Å². The predicted octanol–water partition coefficient (Wildman–Crippen LogP) is 3.92. The van der Waals surface area contributed by atoms with Crippen molar-refractivity contribution in [2.75, 3.05) is 5.32 Å². The third kappa shape index (κ3) is 2.20. The van der Waals surface area contributed by atoms with Gasteiger partial charge in [-0.25, -0.2) is 4.39 Å². The monoisotopic (exact) mass is 269 g/mol. The first-order chi connectivity index (χ1) is 9.54. The lowest BCUT2D eigenvalue weighted by Gasteiger charge is -2.27. The lowest BCUT2D eigenvalue weighted by molar-refractivity contribution is -0.116. The summed E-state index contributed by atoms with van der Waals surface area (Å²) in [6, 6.07) is 10.6. The summed E-state index contributed by atoms with van der Waals surface area (Å²) >= 11 is 0. The number of aryl methyl sites for hydroxylation is 2. The third-order valence-electron chi connectivity index (χ3n) is 3.98. The molecule has 0 aromatic heterocycles. The minimum atomic E-state index is -0.255. The van der Waals surface area contributed by atoms with Gasteiger partial charge in [-0.15, -0.1) is 0 Å². The van der Waals surface area contributed by atoms with E-state index in [9.17, 15) is 9.18 Å². The highest BCUT2D eigenvalue weighted by molar-refractivity contribution is 5.95. The summed E-state index contributed by atoms with van der Waals surface area (Å²) in [5.41, 5.74) is 5.32. The highest BCUT2D eigenvalue weighted by Gasteiger charge is 2.26. The molecule has 2 nitrogen and oxygen atoms in total. The molecule has 1 heterocycles. The second kappa shape index (κ2) is 4.75.